The van der Waals surface area contributed by atoms with Crippen LogP contribution in [0.5, 0.6) is 0 Å². The number of likely N-dealkylation sites (tertiary alicyclic amines) is 1. The second-order valence-corrected chi connectivity index (χ2v) is 4.07. The number of nitrogens with zero attached hydrogens (tertiary/aromatic N) is 2. The highest BCUT2D eigenvalue weighted by Crippen LogP contribution is 2.11. The molecule has 0 unspecified atom stereocenters. The largest absolute Gasteiger partial charge is 0.388 e. The lowest BCUT2D eigenvalue weighted by Gasteiger charge is -2.18. The fraction of sp³-hybridized carbons (Fsp3) is 0.667. The molecule has 2 fully saturated rings. The van der Waals surface area contributed by atoms with Gasteiger partial charge in [-0.2, -0.15) is 0 Å². The smallest absolute Gasteiger partial charge is 0.325 e. The molecule has 2 heterocycles. The Morgan fingerprint density at radius 3 is 2.35 bits per heavy atom. The number of amides is 4. The molecule has 0 aromatic carbocycles. The highest BCUT2D eigenvalue weighted by molar-refractivity contribution is 6.04. The average molecular weight is 243 g/mol. The Bertz CT molecular complexity index is 346. The van der Waals surface area contributed by atoms with Crippen LogP contribution in [0.4, 0.5) is 4.79 Å². The fourth-order valence-corrected chi connectivity index (χ4v) is 1.82. The Balaban J connectivity index is 1.94. The molecule has 0 aliphatic carbocycles. The first-order chi connectivity index (χ1) is 7.99. The number of carbonyl (C=O) groups is 3. The summed E-state index contributed by atoms with van der Waals surface area (Å²) in [7, 11) is 0. The molecule has 94 valence electrons. The van der Waals surface area contributed by atoms with Gasteiger partial charge in [0, 0.05) is 13.1 Å². The first kappa shape index (κ1) is 11.8. The van der Waals surface area contributed by atoms with Gasteiger partial charge >= 0.3 is 6.03 Å². The molecule has 4 amide bonds. The van der Waals surface area contributed by atoms with Gasteiger partial charge in [0.05, 0.1) is 18.8 Å². The third-order valence-electron chi connectivity index (χ3n) is 2.84. The minimum Gasteiger partial charge on any atom is -0.388 e. The summed E-state index contributed by atoms with van der Waals surface area (Å²) in [4.78, 5) is 36.2. The average Bonchev–Trinajstić information content (AvgIpc) is 2.76. The lowest BCUT2D eigenvalue weighted by atomic mass is 10.3. The predicted molar refractivity (Wildman–Crippen MR) is 53.7 cm³/mol. The van der Waals surface area contributed by atoms with Crippen LogP contribution in [0.1, 0.15) is 0 Å². The zero-order valence-corrected chi connectivity index (χ0v) is 9.00. The van der Waals surface area contributed by atoms with E-state index in [1.807, 2.05) is 0 Å². The SMILES string of the molecule is O=C(CN1C(=O)CNC1=O)N1C[C@@H](O)[C@@H](O)C1. The Labute approximate surface area is 96.8 Å². The van der Waals surface area contributed by atoms with Crippen molar-refractivity contribution in [3.63, 3.8) is 0 Å². The number of hydrogen-bond donors (Lipinski definition) is 3. The van der Waals surface area contributed by atoms with E-state index < -0.39 is 30.1 Å². The monoisotopic (exact) mass is 243 g/mol. The Morgan fingerprint density at radius 1 is 1.29 bits per heavy atom. The summed E-state index contributed by atoms with van der Waals surface area (Å²) in [5.41, 5.74) is 0. The molecule has 2 saturated heterocycles. The topological polar surface area (TPSA) is 110 Å². The van der Waals surface area contributed by atoms with E-state index in [4.69, 9.17) is 0 Å². The number of imide groups is 1. The molecule has 8 heteroatoms. The zero-order chi connectivity index (χ0) is 12.6. The van der Waals surface area contributed by atoms with Gasteiger partial charge in [-0.1, -0.05) is 0 Å². The van der Waals surface area contributed by atoms with Crippen molar-refractivity contribution in [3.05, 3.63) is 0 Å². The van der Waals surface area contributed by atoms with Gasteiger partial charge in [-0.3, -0.25) is 14.5 Å². The van der Waals surface area contributed by atoms with E-state index in [1.54, 1.807) is 0 Å². The Hall–Kier alpha value is -1.67. The summed E-state index contributed by atoms with van der Waals surface area (Å²) >= 11 is 0. The van der Waals surface area contributed by atoms with E-state index in [2.05, 4.69) is 5.32 Å². The highest BCUT2D eigenvalue weighted by Gasteiger charge is 2.36. The van der Waals surface area contributed by atoms with Crippen LogP contribution in [-0.2, 0) is 9.59 Å². The number of aliphatic hydroxyl groups excluding tert-OH is 2. The molecule has 2 rings (SSSR count). The first-order valence-corrected chi connectivity index (χ1v) is 5.21. The van der Waals surface area contributed by atoms with Crippen LogP contribution in [0.2, 0.25) is 0 Å². The van der Waals surface area contributed by atoms with E-state index in [1.165, 1.54) is 4.90 Å². The number of carbonyl (C=O) groups excluding carboxylic acids is 3. The van der Waals surface area contributed by atoms with Crippen LogP contribution in [0.15, 0.2) is 0 Å². The standard InChI is InChI=1S/C9H13N3O5/c13-5-2-11(3-6(5)14)8(16)4-12-7(15)1-10-9(12)17/h5-6,13-14H,1-4H2,(H,10,17)/t5-,6+. The molecule has 2 aliphatic rings. The molecule has 0 radical (unpaired) electrons. The molecule has 2 aliphatic heterocycles. The van der Waals surface area contributed by atoms with Crippen molar-refractivity contribution < 1.29 is 24.6 Å². The third-order valence-corrected chi connectivity index (χ3v) is 2.84. The second-order valence-electron chi connectivity index (χ2n) is 4.07. The third kappa shape index (κ3) is 2.22. The van der Waals surface area contributed by atoms with Crippen molar-refractivity contribution >= 4 is 17.8 Å². The van der Waals surface area contributed by atoms with Crippen LogP contribution in [0, 0.1) is 0 Å². The molecular weight excluding hydrogens is 230 g/mol. The molecule has 0 saturated carbocycles. The van der Waals surface area contributed by atoms with Crippen molar-refractivity contribution in [2.45, 2.75) is 12.2 Å². The van der Waals surface area contributed by atoms with Crippen molar-refractivity contribution in [3.8, 4) is 0 Å². The minimum absolute atomic E-state index is 0.0175. The summed E-state index contributed by atoms with van der Waals surface area (Å²) in [6.45, 7) is -0.422. The lowest BCUT2D eigenvalue weighted by Crippen LogP contribution is -2.42. The Kier molecular flexibility index (Phi) is 2.99. The quantitative estimate of drug-likeness (QED) is 0.451. The maximum atomic E-state index is 11.7. The normalized spacial score (nSPS) is 28.8. The first-order valence-electron chi connectivity index (χ1n) is 5.21. The summed E-state index contributed by atoms with van der Waals surface area (Å²) in [6.07, 6.45) is -1.94. The van der Waals surface area contributed by atoms with Crippen LogP contribution in [-0.4, -0.2) is 76.2 Å². The molecular formula is C9H13N3O5. The molecule has 0 spiro atoms. The van der Waals surface area contributed by atoms with Crippen molar-refractivity contribution in [1.82, 2.24) is 15.1 Å². The molecule has 3 N–H and O–H groups in total. The van der Waals surface area contributed by atoms with E-state index >= 15 is 0 Å². The van der Waals surface area contributed by atoms with E-state index in [9.17, 15) is 24.6 Å². The van der Waals surface area contributed by atoms with Gasteiger partial charge in [-0.25, -0.2) is 4.79 Å². The maximum Gasteiger partial charge on any atom is 0.325 e. The maximum absolute atomic E-state index is 11.7. The predicted octanol–water partition coefficient (Wildman–Crippen LogP) is -2.90. The number of urea groups is 1. The summed E-state index contributed by atoms with van der Waals surface area (Å²) in [6, 6.07) is -0.594. The van der Waals surface area contributed by atoms with Gasteiger partial charge < -0.3 is 20.4 Å². The fourth-order valence-electron chi connectivity index (χ4n) is 1.82. The minimum atomic E-state index is -0.970. The summed E-state index contributed by atoms with van der Waals surface area (Å²) in [5, 5.41) is 20.9. The molecule has 0 bridgehead atoms. The van der Waals surface area contributed by atoms with Crippen LogP contribution in [0.3, 0.4) is 0 Å². The molecule has 2 atom stereocenters. The zero-order valence-electron chi connectivity index (χ0n) is 9.00. The van der Waals surface area contributed by atoms with Gasteiger partial charge in [0.25, 0.3) is 5.91 Å². The van der Waals surface area contributed by atoms with Gasteiger partial charge in [0.2, 0.25) is 5.91 Å². The Morgan fingerprint density at radius 2 is 1.88 bits per heavy atom. The van der Waals surface area contributed by atoms with Gasteiger partial charge in [-0.05, 0) is 0 Å². The van der Waals surface area contributed by atoms with Crippen LogP contribution < -0.4 is 5.32 Å². The van der Waals surface area contributed by atoms with E-state index in [-0.39, 0.29) is 26.2 Å². The summed E-state index contributed by atoms with van der Waals surface area (Å²) in [5.74, 6) is -0.922. The van der Waals surface area contributed by atoms with Gasteiger partial charge in [0.1, 0.15) is 6.54 Å². The number of aliphatic hydroxyl groups is 2. The summed E-state index contributed by atoms with van der Waals surface area (Å²) < 4.78 is 0. The number of β-amino-alcohol motifs (C(OH)–C–C–N with tert-alkyl or cyclic N) is 2. The number of nitrogens with one attached hydrogen (secondary N) is 1. The van der Waals surface area contributed by atoms with E-state index in [0.717, 1.165) is 4.90 Å². The second kappa shape index (κ2) is 4.30. The van der Waals surface area contributed by atoms with Gasteiger partial charge in [-0.15, -0.1) is 0 Å². The molecule has 17 heavy (non-hydrogen) atoms. The van der Waals surface area contributed by atoms with Gasteiger partial charge in [0.15, 0.2) is 0 Å². The van der Waals surface area contributed by atoms with Crippen molar-refractivity contribution in [2.75, 3.05) is 26.2 Å². The molecule has 0 aromatic heterocycles. The van der Waals surface area contributed by atoms with Crippen LogP contribution in [0.25, 0.3) is 0 Å². The lowest BCUT2D eigenvalue weighted by molar-refractivity contribution is -0.136. The molecule has 0 aromatic rings. The van der Waals surface area contributed by atoms with Crippen molar-refractivity contribution in [1.29, 1.82) is 0 Å². The number of hydrogen-bond acceptors (Lipinski definition) is 5. The molecule has 8 nitrogen and oxygen atoms in total. The van der Waals surface area contributed by atoms with E-state index in [0.29, 0.717) is 0 Å². The highest BCUT2D eigenvalue weighted by atomic mass is 16.3. The van der Waals surface area contributed by atoms with Crippen LogP contribution >= 0.6 is 0 Å². The van der Waals surface area contributed by atoms with Crippen molar-refractivity contribution in [2.24, 2.45) is 0 Å². The number of rotatable bonds is 2.